The lowest BCUT2D eigenvalue weighted by molar-refractivity contribution is 0.0487. The minimum Gasteiger partial charge on any atom is -0.447 e. The van der Waals surface area contributed by atoms with E-state index in [9.17, 15) is 8.42 Å². The van der Waals surface area contributed by atoms with Crippen molar-refractivity contribution in [3.8, 4) is 11.5 Å². The molecule has 9 heteroatoms. The topological polar surface area (TPSA) is 67.9 Å². The lowest BCUT2D eigenvalue weighted by Crippen LogP contribution is -2.13. The summed E-state index contributed by atoms with van der Waals surface area (Å²) in [6, 6.07) is 16.4. The molecule has 0 aliphatic carbocycles. The van der Waals surface area contributed by atoms with Crippen LogP contribution in [-0.2, 0) is 10.0 Å². The third-order valence-corrected chi connectivity index (χ3v) is 6.45. The van der Waals surface area contributed by atoms with Gasteiger partial charge in [-0.05, 0) is 36.4 Å². The van der Waals surface area contributed by atoms with Crippen molar-refractivity contribution in [3.05, 3.63) is 76.3 Å². The molecule has 0 radical (unpaired) electrons. The number of ether oxygens (including phenoxy) is 2. The second-order valence-corrected chi connectivity index (χ2v) is 9.37. The lowest BCUT2D eigenvalue weighted by atomic mass is 10.2. The molecule has 1 heterocycles. The highest BCUT2D eigenvalue weighted by atomic mass is 35.5. The van der Waals surface area contributed by atoms with E-state index < -0.39 is 16.3 Å². The van der Waals surface area contributed by atoms with Crippen LogP contribution in [0.3, 0.4) is 0 Å². The molecule has 4 rings (SSSR count). The van der Waals surface area contributed by atoms with Gasteiger partial charge in [-0.2, -0.15) is 0 Å². The second kappa shape index (κ2) is 7.91. The molecule has 0 bridgehead atoms. The van der Waals surface area contributed by atoms with Crippen molar-refractivity contribution in [3.63, 3.8) is 0 Å². The summed E-state index contributed by atoms with van der Waals surface area (Å²) in [4.78, 5) is 2.00. The number of sulfonamides is 1. The Kier molecular flexibility index (Phi) is 5.44. The number of halogens is 2. The predicted molar refractivity (Wildman–Crippen MR) is 118 cm³/mol. The maximum Gasteiger partial charge on any atom is 0.268 e. The Bertz CT molecular complexity index is 1180. The number of fused-ring (bicyclic) bond motifs is 1. The minimum absolute atomic E-state index is 0.172. The zero-order valence-corrected chi connectivity index (χ0v) is 18.4. The fraction of sp³-hybridized carbons (Fsp3) is 0.143. The third-order valence-electron chi connectivity index (χ3n) is 4.48. The normalized spacial score (nSPS) is 15.1. The third kappa shape index (κ3) is 4.01. The lowest BCUT2D eigenvalue weighted by Gasteiger charge is -2.19. The van der Waals surface area contributed by atoms with Gasteiger partial charge in [0.25, 0.3) is 16.3 Å². The molecule has 30 heavy (non-hydrogen) atoms. The molecule has 1 unspecified atom stereocenters. The molecule has 6 nitrogen and oxygen atoms in total. The molecule has 0 amide bonds. The van der Waals surface area contributed by atoms with Gasteiger partial charge >= 0.3 is 0 Å². The summed E-state index contributed by atoms with van der Waals surface area (Å²) in [7, 11) is -0.00572. The molecule has 1 N–H and O–H groups in total. The Labute approximate surface area is 185 Å². The van der Waals surface area contributed by atoms with Gasteiger partial charge in [-0.1, -0.05) is 41.4 Å². The first kappa shape index (κ1) is 20.7. The summed E-state index contributed by atoms with van der Waals surface area (Å²) in [5, 5.41) is 0.948. The van der Waals surface area contributed by atoms with Gasteiger partial charge in [0, 0.05) is 25.7 Å². The maximum absolute atomic E-state index is 12.5. The standard InChI is InChI=1S/C21H18Cl2N2O4S/c1-25(2)20-16(22)10-13(11-17(20)23)21-28-18-9-8-14(12-19(18)29-21)24-30(26,27)15-6-4-3-5-7-15/h3-12,21,24H,1-2H3. The average molecular weight is 465 g/mol. The number of hydrogen-bond acceptors (Lipinski definition) is 5. The number of nitrogens with zero attached hydrogens (tertiary/aromatic N) is 1. The summed E-state index contributed by atoms with van der Waals surface area (Å²) >= 11 is 12.7. The van der Waals surface area contributed by atoms with E-state index in [4.69, 9.17) is 32.7 Å². The Hall–Kier alpha value is -2.61. The summed E-state index contributed by atoms with van der Waals surface area (Å²) in [5.74, 6) is 0.906. The molecule has 1 aliphatic heterocycles. The zero-order chi connectivity index (χ0) is 21.5. The van der Waals surface area contributed by atoms with Crippen molar-refractivity contribution < 1.29 is 17.9 Å². The van der Waals surface area contributed by atoms with E-state index in [2.05, 4.69) is 4.72 Å². The molecule has 0 spiro atoms. The van der Waals surface area contributed by atoms with Crippen molar-refractivity contribution in [2.75, 3.05) is 23.7 Å². The second-order valence-electron chi connectivity index (χ2n) is 6.88. The quantitative estimate of drug-likeness (QED) is 0.552. The van der Waals surface area contributed by atoms with Crippen LogP contribution in [0.25, 0.3) is 0 Å². The fourth-order valence-electron chi connectivity index (χ4n) is 3.11. The molecule has 3 aromatic carbocycles. The van der Waals surface area contributed by atoms with Crippen molar-refractivity contribution in [1.82, 2.24) is 0 Å². The molecule has 1 aliphatic rings. The van der Waals surface area contributed by atoms with Gasteiger partial charge in [0.15, 0.2) is 11.5 Å². The van der Waals surface area contributed by atoms with Crippen LogP contribution < -0.4 is 19.1 Å². The first-order chi connectivity index (χ1) is 14.2. The first-order valence-corrected chi connectivity index (χ1v) is 11.2. The van der Waals surface area contributed by atoms with Crippen LogP contribution in [0.5, 0.6) is 11.5 Å². The van der Waals surface area contributed by atoms with Crippen LogP contribution in [0.2, 0.25) is 10.0 Å². The van der Waals surface area contributed by atoms with Crippen LogP contribution in [0, 0.1) is 0 Å². The van der Waals surface area contributed by atoms with Crippen molar-refractivity contribution in [2.24, 2.45) is 0 Å². The van der Waals surface area contributed by atoms with E-state index >= 15 is 0 Å². The van der Waals surface area contributed by atoms with Crippen LogP contribution in [-0.4, -0.2) is 22.5 Å². The Morgan fingerprint density at radius 2 is 1.53 bits per heavy atom. The predicted octanol–water partition coefficient (Wildman–Crippen LogP) is 5.33. The van der Waals surface area contributed by atoms with E-state index in [-0.39, 0.29) is 4.90 Å². The van der Waals surface area contributed by atoms with Gasteiger partial charge in [-0.3, -0.25) is 4.72 Å². The summed E-state index contributed by atoms with van der Waals surface area (Å²) < 4.78 is 39.3. The maximum atomic E-state index is 12.5. The summed E-state index contributed by atoms with van der Waals surface area (Å²) in [6.07, 6.45) is -0.743. The van der Waals surface area contributed by atoms with Crippen LogP contribution in [0.1, 0.15) is 11.9 Å². The average Bonchev–Trinajstić information content (AvgIpc) is 3.11. The zero-order valence-electron chi connectivity index (χ0n) is 16.1. The number of anilines is 2. The number of rotatable bonds is 5. The van der Waals surface area contributed by atoms with Gasteiger partial charge in [-0.15, -0.1) is 0 Å². The highest BCUT2D eigenvalue weighted by molar-refractivity contribution is 7.92. The molecule has 0 aromatic heterocycles. The molecule has 0 saturated carbocycles. The summed E-state index contributed by atoms with van der Waals surface area (Å²) in [6.45, 7) is 0. The number of benzene rings is 3. The summed E-state index contributed by atoms with van der Waals surface area (Å²) in [5.41, 5.74) is 1.72. The Morgan fingerprint density at radius 1 is 0.900 bits per heavy atom. The Morgan fingerprint density at radius 3 is 2.17 bits per heavy atom. The van der Waals surface area contributed by atoms with E-state index in [0.717, 1.165) is 0 Å². The van der Waals surface area contributed by atoms with E-state index in [1.54, 1.807) is 48.5 Å². The van der Waals surface area contributed by atoms with Crippen LogP contribution in [0.4, 0.5) is 11.4 Å². The first-order valence-electron chi connectivity index (χ1n) is 8.96. The van der Waals surface area contributed by atoms with Gasteiger partial charge < -0.3 is 14.4 Å². The fourth-order valence-corrected chi connectivity index (χ4v) is 5.03. The van der Waals surface area contributed by atoms with Crippen molar-refractivity contribution >= 4 is 44.6 Å². The smallest absolute Gasteiger partial charge is 0.268 e. The van der Waals surface area contributed by atoms with Gasteiger partial charge in [0.2, 0.25) is 0 Å². The highest BCUT2D eigenvalue weighted by Crippen LogP contribution is 2.44. The Balaban J connectivity index is 1.56. The van der Waals surface area contributed by atoms with E-state index in [1.165, 1.54) is 12.1 Å². The van der Waals surface area contributed by atoms with Crippen molar-refractivity contribution in [1.29, 1.82) is 0 Å². The van der Waals surface area contributed by atoms with E-state index in [1.807, 2.05) is 19.0 Å². The minimum atomic E-state index is -3.71. The molecular formula is C21H18Cl2N2O4S. The molecule has 1 atom stereocenters. The van der Waals surface area contributed by atoms with Gasteiger partial charge in [-0.25, -0.2) is 8.42 Å². The van der Waals surface area contributed by atoms with Gasteiger partial charge in [0.1, 0.15) is 0 Å². The van der Waals surface area contributed by atoms with Gasteiger partial charge in [0.05, 0.1) is 26.3 Å². The molecule has 3 aromatic rings. The van der Waals surface area contributed by atoms with Crippen molar-refractivity contribution in [2.45, 2.75) is 11.2 Å². The van der Waals surface area contributed by atoms with Crippen LogP contribution >= 0.6 is 23.2 Å². The van der Waals surface area contributed by atoms with Crippen LogP contribution in [0.15, 0.2) is 65.6 Å². The number of nitrogens with one attached hydrogen (secondary N) is 1. The number of hydrogen-bond donors (Lipinski definition) is 1. The molecule has 0 fully saturated rings. The monoisotopic (exact) mass is 464 g/mol. The highest BCUT2D eigenvalue weighted by Gasteiger charge is 2.28. The van der Waals surface area contributed by atoms with E-state index in [0.29, 0.717) is 38.5 Å². The largest absolute Gasteiger partial charge is 0.447 e. The molecule has 156 valence electrons. The SMILES string of the molecule is CN(C)c1c(Cl)cc(C2Oc3ccc(NS(=O)(=O)c4ccccc4)cc3O2)cc1Cl. The molecular weight excluding hydrogens is 447 g/mol. The molecule has 0 saturated heterocycles.